The number of aryl methyl sites for hydroxylation is 1. The third-order valence-corrected chi connectivity index (χ3v) is 7.17. The van der Waals surface area contributed by atoms with Crippen molar-refractivity contribution in [2.24, 2.45) is 5.41 Å². The van der Waals surface area contributed by atoms with E-state index in [0.717, 1.165) is 50.3 Å². The van der Waals surface area contributed by atoms with E-state index in [2.05, 4.69) is 29.3 Å². The number of methoxy groups -OCH3 is 1. The summed E-state index contributed by atoms with van der Waals surface area (Å²) in [6, 6.07) is 10.3. The molecule has 0 radical (unpaired) electrons. The molecule has 1 amide bonds. The van der Waals surface area contributed by atoms with Crippen LogP contribution in [-0.2, 0) is 17.9 Å². The van der Waals surface area contributed by atoms with Gasteiger partial charge >= 0.3 is 0 Å². The summed E-state index contributed by atoms with van der Waals surface area (Å²) in [5, 5.41) is 2.18. The van der Waals surface area contributed by atoms with Gasteiger partial charge in [0.2, 0.25) is 5.91 Å². The molecule has 2 saturated heterocycles. The summed E-state index contributed by atoms with van der Waals surface area (Å²) in [7, 11) is 1.68. The van der Waals surface area contributed by atoms with Crippen molar-refractivity contribution < 1.29 is 9.53 Å². The fourth-order valence-corrected chi connectivity index (χ4v) is 5.35. The number of benzene rings is 1. The number of piperidine rings is 1. The first kappa shape index (κ1) is 18.5. The maximum absolute atomic E-state index is 12.7. The third-order valence-electron chi connectivity index (χ3n) is 6.16. The standard InChI is InChI=1S/C22H28N2O2S/c1-17-6-11-27-20(17)15-23-9-7-22(8-10-23)13-21(25)24(16-22)14-18-4-3-5-19(12-18)26-2/h3-6,11-12H,7-10,13-16H2,1-2H3. The highest BCUT2D eigenvalue weighted by atomic mass is 32.1. The monoisotopic (exact) mass is 384 g/mol. The van der Waals surface area contributed by atoms with Crippen LogP contribution in [0, 0.1) is 12.3 Å². The Morgan fingerprint density at radius 1 is 1.19 bits per heavy atom. The van der Waals surface area contributed by atoms with Gasteiger partial charge in [0.15, 0.2) is 0 Å². The van der Waals surface area contributed by atoms with Crippen molar-refractivity contribution in [3.8, 4) is 5.75 Å². The molecule has 2 aromatic rings. The summed E-state index contributed by atoms with van der Waals surface area (Å²) in [5.41, 5.74) is 2.72. The van der Waals surface area contributed by atoms with Gasteiger partial charge in [-0.3, -0.25) is 9.69 Å². The Labute approximate surface area is 165 Å². The average Bonchev–Trinajstić information content (AvgIpc) is 3.21. The predicted molar refractivity (Wildman–Crippen MR) is 109 cm³/mol. The second-order valence-electron chi connectivity index (χ2n) is 8.08. The van der Waals surface area contributed by atoms with Crippen molar-refractivity contribution in [3.05, 3.63) is 51.7 Å². The van der Waals surface area contributed by atoms with E-state index in [-0.39, 0.29) is 5.41 Å². The van der Waals surface area contributed by atoms with Crippen LogP contribution >= 0.6 is 11.3 Å². The number of likely N-dealkylation sites (tertiary alicyclic amines) is 2. The molecule has 0 aliphatic carbocycles. The predicted octanol–water partition coefficient (Wildman–Crippen LogP) is 4.08. The number of amides is 1. The Balaban J connectivity index is 1.35. The summed E-state index contributed by atoms with van der Waals surface area (Å²) in [5.74, 6) is 1.16. The number of carbonyl (C=O) groups is 1. The minimum Gasteiger partial charge on any atom is -0.497 e. The molecular weight excluding hydrogens is 356 g/mol. The van der Waals surface area contributed by atoms with Crippen LogP contribution in [0.3, 0.4) is 0 Å². The maximum atomic E-state index is 12.7. The molecule has 2 aliphatic rings. The molecule has 4 nitrogen and oxygen atoms in total. The van der Waals surface area contributed by atoms with Crippen LogP contribution in [0.1, 0.15) is 35.3 Å². The molecule has 1 aromatic heterocycles. The maximum Gasteiger partial charge on any atom is 0.223 e. The fourth-order valence-electron chi connectivity index (χ4n) is 4.41. The van der Waals surface area contributed by atoms with Crippen molar-refractivity contribution in [3.63, 3.8) is 0 Å². The van der Waals surface area contributed by atoms with Crippen molar-refractivity contribution in [2.75, 3.05) is 26.7 Å². The molecule has 1 aromatic carbocycles. The Morgan fingerprint density at radius 2 is 2.00 bits per heavy atom. The van der Waals surface area contributed by atoms with Crippen LogP contribution in [0.2, 0.25) is 0 Å². The zero-order chi connectivity index (χ0) is 18.9. The quantitative estimate of drug-likeness (QED) is 0.779. The smallest absolute Gasteiger partial charge is 0.223 e. The molecule has 0 N–H and O–H groups in total. The highest BCUT2D eigenvalue weighted by Crippen LogP contribution is 2.42. The molecular formula is C22H28N2O2S. The van der Waals surface area contributed by atoms with Gasteiger partial charge < -0.3 is 9.64 Å². The Hall–Kier alpha value is -1.85. The van der Waals surface area contributed by atoms with Gasteiger partial charge in [-0.05, 0) is 73.0 Å². The van der Waals surface area contributed by atoms with E-state index < -0.39 is 0 Å². The van der Waals surface area contributed by atoms with E-state index in [0.29, 0.717) is 18.9 Å². The molecule has 1 spiro atoms. The molecule has 144 valence electrons. The number of thiophene rings is 1. The molecule has 0 unspecified atom stereocenters. The lowest BCUT2D eigenvalue weighted by Crippen LogP contribution is -2.41. The summed E-state index contributed by atoms with van der Waals surface area (Å²) in [4.78, 5) is 18.8. The number of ether oxygens (including phenoxy) is 1. The topological polar surface area (TPSA) is 32.8 Å². The van der Waals surface area contributed by atoms with E-state index >= 15 is 0 Å². The molecule has 2 fully saturated rings. The van der Waals surface area contributed by atoms with E-state index in [1.54, 1.807) is 7.11 Å². The van der Waals surface area contributed by atoms with Gasteiger partial charge in [-0.15, -0.1) is 11.3 Å². The molecule has 2 aliphatic heterocycles. The van der Waals surface area contributed by atoms with Crippen molar-refractivity contribution in [1.29, 1.82) is 0 Å². The van der Waals surface area contributed by atoms with Crippen LogP contribution in [0.15, 0.2) is 35.7 Å². The van der Waals surface area contributed by atoms with Crippen LogP contribution < -0.4 is 4.74 Å². The van der Waals surface area contributed by atoms with Crippen LogP contribution in [-0.4, -0.2) is 42.5 Å². The highest BCUT2D eigenvalue weighted by molar-refractivity contribution is 7.10. The first-order valence-corrected chi connectivity index (χ1v) is 10.6. The molecule has 0 saturated carbocycles. The van der Waals surface area contributed by atoms with E-state index in [1.807, 2.05) is 34.4 Å². The van der Waals surface area contributed by atoms with Gasteiger partial charge in [0.05, 0.1) is 7.11 Å². The van der Waals surface area contributed by atoms with Gasteiger partial charge in [-0.2, -0.15) is 0 Å². The lowest BCUT2D eigenvalue weighted by Gasteiger charge is -2.38. The Kier molecular flexibility index (Phi) is 5.24. The molecule has 0 atom stereocenters. The zero-order valence-corrected chi connectivity index (χ0v) is 17.1. The highest BCUT2D eigenvalue weighted by Gasteiger charge is 2.44. The van der Waals surface area contributed by atoms with Crippen molar-refractivity contribution in [2.45, 2.75) is 39.3 Å². The first-order chi connectivity index (χ1) is 13.1. The number of nitrogens with zero attached hydrogens (tertiary/aromatic N) is 2. The van der Waals surface area contributed by atoms with Gasteiger partial charge in [0.1, 0.15) is 5.75 Å². The van der Waals surface area contributed by atoms with Crippen molar-refractivity contribution >= 4 is 17.2 Å². The minimum absolute atomic E-state index is 0.178. The van der Waals surface area contributed by atoms with Crippen LogP contribution in [0.4, 0.5) is 0 Å². The average molecular weight is 385 g/mol. The summed E-state index contributed by atoms with van der Waals surface area (Å²) < 4.78 is 5.31. The lowest BCUT2D eigenvalue weighted by atomic mass is 9.77. The zero-order valence-electron chi connectivity index (χ0n) is 16.2. The molecule has 0 bridgehead atoms. The van der Waals surface area contributed by atoms with Gasteiger partial charge in [-0.1, -0.05) is 12.1 Å². The van der Waals surface area contributed by atoms with Gasteiger partial charge in [0.25, 0.3) is 0 Å². The minimum atomic E-state index is 0.178. The molecule has 27 heavy (non-hydrogen) atoms. The largest absolute Gasteiger partial charge is 0.497 e. The van der Waals surface area contributed by atoms with E-state index in [9.17, 15) is 4.79 Å². The number of hydrogen-bond donors (Lipinski definition) is 0. The molecule has 3 heterocycles. The molecule has 4 rings (SSSR count). The normalized spacial score (nSPS) is 19.8. The number of hydrogen-bond acceptors (Lipinski definition) is 4. The lowest BCUT2D eigenvalue weighted by molar-refractivity contribution is -0.128. The SMILES string of the molecule is COc1cccc(CN2CC3(CCN(Cc4sccc4C)CC3)CC2=O)c1. The first-order valence-electron chi connectivity index (χ1n) is 9.73. The summed E-state index contributed by atoms with van der Waals surface area (Å²) >= 11 is 1.86. The number of carbonyl (C=O) groups excluding carboxylic acids is 1. The summed E-state index contributed by atoms with van der Waals surface area (Å²) in [6.45, 7) is 7.03. The fraction of sp³-hybridized carbons (Fsp3) is 0.500. The van der Waals surface area contributed by atoms with Crippen LogP contribution in [0.5, 0.6) is 5.75 Å². The van der Waals surface area contributed by atoms with Gasteiger partial charge in [-0.25, -0.2) is 0 Å². The van der Waals surface area contributed by atoms with E-state index in [4.69, 9.17) is 4.74 Å². The second-order valence-corrected chi connectivity index (χ2v) is 9.08. The van der Waals surface area contributed by atoms with Crippen molar-refractivity contribution in [1.82, 2.24) is 9.80 Å². The summed E-state index contributed by atoms with van der Waals surface area (Å²) in [6.07, 6.45) is 2.96. The van der Waals surface area contributed by atoms with Crippen LogP contribution in [0.25, 0.3) is 0 Å². The van der Waals surface area contributed by atoms with E-state index in [1.165, 1.54) is 10.4 Å². The third kappa shape index (κ3) is 4.04. The Morgan fingerprint density at radius 3 is 2.70 bits per heavy atom. The number of rotatable bonds is 5. The Bertz CT molecular complexity index is 808. The molecule has 5 heteroatoms. The van der Waals surface area contributed by atoms with Gasteiger partial charge in [0, 0.05) is 30.9 Å². The second kappa shape index (κ2) is 7.64.